The number of thioether (sulfide) groups is 1. The van der Waals surface area contributed by atoms with Crippen molar-refractivity contribution in [1.29, 1.82) is 0 Å². The molecule has 0 fully saturated rings. The number of hydrogen-bond donors (Lipinski definition) is 1. The van der Waals surface area contributed by atoms with E-state index >= 15 is 0 Å². The van der Waals surface area contributed by atoms with Gasteiger partial charge in [-0.15, -0.1) is 0 Å². The van der Waals surface area contributed by atoms with Crippen LogP contribution in [0.2, 0.25) is 0 Å². The van der Waals surface area contributed by atoms with Crippen molar-refractivity contribution in [3.05, 3.63) is 0 Å². The highest BCUT2D eigenvalue weighted by molar-refractivity contribution is 7.99. The van der Waals surface area contributed by atoms with Crippen molar-refractivity contribution in [3.63, 3.8) is 0 Å². The Bertz CT molecular complexity index is 54.9. The summed E-state index contributed by atoms with van der Waals surface area (Å²) in [4.78, 5) is 0. The van der Waals surface area contributed by atoms with Crippen LogP contribution in [0.5, 0.6) is 0 Å². The maximum absolute atomic E-state index is 5.57. The Labute approximate surface area is 62.4 Å². The van der Waals surface area contributed by atoms with E-state index in [9.17, 15) is 0 Å². The third kappa shape index (κ3) is 8.31. The minimum Gasteiger partial charge on any atom is -0.328 e. The molecule has 56 valence electrons. The minimum absolute atomic E-state index is 0.391. The van der Waals surface area contributed by atoms with Crippen LogP contribution >= 0.6 is 11.8 Å². The Kier molecular flexibility index (Phi) is 6.65. The summed E-state index contributed by atoms with van der Waals surface area (Å²) in [6.07, 6.45) is 2.45. The van der Waals surface area contributed by atoms with Crippen LogP contribution in [-0.2, 0) is 0 Å². The lowest BCUT2D eigenvalue weighted by Crippen LogP contribution is -2.14. The van der Waals surface area contributed by atoms with Gasteiger partial charge in [0.1, 0.15) is 0 Å². The molecule has 0 unspecified atom stereocenters. The molecule has 0 aliphatic carbocycles. The summed E-state index contributed by atoms with van der Waals surface area (Å²) in [7, 11) is 0. The molecule has 2 heteroatoms. The zero-order valence-corrected chi connectivity index (χ0v) is 7.21. The van der Waals surface area contributed by atoms with Crippen LogP contribution in [0.15, 0.2) is 0 Å². The van der Waals surface area contributed by atoms with Gasteiger partial charge in [-0.05, 0) is 31.3 Å². The maximum Gasteiger partial charge on any atom is 0.00107 e. The van der Waals surface area contributed by atoms with E-state index in [0.717, 1.165) is 0 Å². The van der Waals surface area contributed by atoms with Crippen LogP contribution in [-0.4, -0.2) is 17.5 Å². The summed E-state index contributed by atoms with van der Waals surface area (Å²) < 4.78 is 0. The monoisotopic (exact) mass is 147 g/mol. The Balaban J connectivity index is 2.75. The number of hydrogen-bond acceptors (Lipinski definition) is 2. The Morgan fingerprint density at radius 3 is 2.67 bits per heavy atom. The molecule has 0 saturated heterocycles. The lowest BCUT2D eigenvalue weighted by Gasteiger charge is -2.02. The van der Waals surface area contributed by atoms with E-state index < -0.39 is 0 Å². The van der Waals surface area contributed by atoms with Crippen LogP contribution in [0.3, 0.4) is 0 Å². The smallest absolute Gasteiger partial charge is 0.00107 e. The van der Waals surface area contributed by atoms with Gasteiger partial charge in [-0.1, -0.05) is 6.92 Å². The molecule has 0 bridgehead atoms. The first-order valence-corrected chi connectivity index (χ1v) is 4.76. The van der Waals surface area contributed by atoms with E-state index in [1.54, 1.807) is 0 Å². The van der Waals surface area contributed by atoms with E-state index in [2.05, 4.69) is 13.8 Å². The van der Waals surface area contributed by atoms with Crippen molar-refractivity contribution in [1.82, 2.24) is 0 Å². The average molecular weight is 147 g/mol. The third-order valence-corrected chi connectivity index (χ3v) is 2.14. The van der Waals surface area contributed by atoms with Gasteiger partial charge in [-0.2, -0.15) is 11.8 Å². The molecule has 0 aliphatic rings. The molecule has 0 aliphatic heterocycles. The first kappa shape index (κ1) is 9.31. The van der Waals surface area contributed by atoms with Crippen molar-refractivity contribution < 1.29 is 0 Å². The van der Waals surface area contributed by atoms with Gasteiger partial charge in [0.05, 0.1) is 0 Å². The van der Waals surface area contributed by atoms with E-state index in [0.29, 0.717) is 6.04 Å². The van der Waals surface area contributed by atoms with Gasteiger partial charge in [0, 0.05) is 6.04 Å². The van der Waals surface area contributed by atoms with Crippen LogP contribution in [0.4, 0.5) is 0 Å². The number of rotatable bonds is 5. The molecule has 0 aromatic rings. The largest absolute Gasteiger partial charge is 0.328 e. The summed E-state index contributed by atoms with van der Waals surface area (Å²) >= 11 is 1.99. The Morgan fingerprint density at radius 2 is 2.22 bits per heavy atom. The lowest BCUT2D eigenvalue weighted by atomic mass is 10.2. The second kappa shape index (κ2) is 6.43. The summed E-state index contributed by atoms with van der Waals surface area (Å²) in [6, 6.07) is 0.391. The summed E-state index contributed by atoms with van der Waals surface area (Å²) in [5.41, 5.74) is 5.57. The van der Waals surface area contributed by atoms with E-state index in [4.69, 9.17) is 5.73 Å². The molecule has 0 aromatic carbocycles. The fourth-order valence-electron chi connectivity index (χ4n) is 0.652. The van der Waals surface area contributed by atoms with E-state index in [-0.39, 0.29) is 0 Å². The first-order valence-electron chi connectivity index (χ1n) is 3.60. The predicted molar refractivity (Wildman–Crippen MR) is 45.9 cm³/mol. The van der Waals surface area contributed by atoms with Crippen molar-refractivity contribution in [2.75, 3.05) is 11.5 Å². The van der Waals surface area contributed by atoms with Gasteiger partial charge < -0.3 is 5.73 Å². The van der Waals surface area contributed by atoms with Crippen LogP contribution in [0, 0.1) is 0 Å². The maximum atomic E-state index is 5.57. The number of nitrogens with two attached hydrogens (primary N) is 1. The third-order valence-electron chi connectivity index (χ3n) is 1.15. The van der Waals surface area contributed by atoms with Gasteiger partial charge in [0.2, 0.25) is 0 Å². The molecule has 2 N–H and O–H groups in total. The predicted octanol–water partition coefficient (Wildman–Crippen LogP) is 1.87. The normalized spacial score (nSPS) is 13.7. The molecule has 0 saturated carbocycles. The van der Waals surface area contributed by atoms with Crippen molar-refractivity contribution in [3.8, 4) is 0 Å². The summed E-state index contributed by atoms with van der Waals surface area (Å²) in [5, 5.41) is 0. The Morgan fingerprint density at radius 1 is 1.56 bits per heavy atom. The molecule has 1 nitrogen and oxygen atoms in total. The highest BCUT2D eigenvalue weighted by Gasteiger charge is 1.92. The molecule has 9 heavy (non-hydrogen) atoms. The molecule has 0 amide bonds. The molecular formula is C7H17NS. The van der Waals surface area contributed by atoms with Crippen LogP contribution in [0.1, 0.15) is 26.7 Å². The van der Waals surface area contributed by atoms with Crippen molar-refractivity contribution >= 4 is 11.8 Å². The zero-order chi connectivity index (χ0) is 7.11. The van der Waals surface area contributed by atoms with Gasteiger partial charge in [-0.25, -0.2) is 0 Å². The van der Waals surface area contributed by atoms with Gasteiger partial charge >= 0.3 is 0 Å². The fourth-order valence-corrected chi connectivity index (χ4v) is 1.31. The highest BCUT2D eigenvalue weighted by atomic mass is 32.2. The second-order valence-electron chi connectivity index (χ2n) is 2.32. The Hall–Kier alpha value is 0.310. The fraction of sp³-hybridized carbons (Fsp3) is 1.00. The zero-order valence-electron chi connectivity index (χ0n) is 6.39. The summed E-state index contributed by atoms with van der Waals surface area (Å²) in [6.45, 7) is 4.26. The molecule has 0 aromatic heterocycles. The van der Waals surface area contributed by atoms with E-state index in [1.165, 1.54) is 24.3 Å². The van der Waals surface area contributed by atoms with Gasteiger partial charge in [0.15, 0.2) is 0 Å². The SMILES string of the molecule is CCSCCC[C@H](C)N. The molecule has 1 atom stereocenters. The topological polar surface area (TPSA) is 26.0 Å². The quantitative estimate of drug-likeness (QED) is 0.601. The lowest BCUT2D eigenvalue weighted by molar-refractivity contribution is 0.657. The molecule has 0 rings (SSSR count). The molecule has 0 spiro atoms. The van der Waals surface area contributed by atoms with Gasteiger partial charge in [-0.3, -0.25) is 0 Å². The second-order valence-corrected chi connectivity index (χ2v) is 3.71. The van der Waals surface area contributed by atoms with Gasteiger partial charge in [0.25, 0.3) is 0 Å². The van der Waals surface area contributed by atoms with Crippen LogP contribution in [0.25, 0.3) is 0 Å². The molecule has 0 heterocycles. The first-order chi connectivity index (χ1) is 4.27. The minimum atomic E-state index is 0.391. The van der Waals surface area contributed by atoms with E-state index in [1.807, 2.05) is 11.8 Å². The summed E-state index contributed by atoms with van der Waals surface area (Å²) in [5.74, 6) is 2.51. The molecule has 0 radical (unpaired) electrons. The molecular weight excluding hydrogens is 130 g/mol. The average Bonchev–Trinajstić information content (AvgIpc) is 1.80. The highest BCUT2D eigenvalue weighted by Crippen LogP contribution is 2.03. The van der Waals surface area contributed by atoms with Crippen LogP contribution < -0.4 is 5.73 Å². The van der Waals surface area contributed by atoms with Crippen molar-refractivity contribution in [2.45, 2.75) is 32.7 Å². The standard InChI is InChI=1S/C7H17NS/c1-3-9-6-4-5-7(2)8/h7H,3-6,8H2,1-2H3/t7-/m0/s1. The van der Waals surface area contributed by atoms with Crippen molar-refractivity contribution in [2.24, 2.45) is 5.73 Å².